The van der Waals surface area contributed by atoms with Crippen molar-refractivity contribution in [1.82, 2.24) is 5.32 Å². The molecule has 2 heteroatoms. The number of likely N-dealkylation sites (N-methyl/N-ethyl adjacent to an activating group) is 1. The number of nitrogens with one attached hydrogen (secondary N) is 1. The smallest absolute Gasteiger partial charge is 0.0815 e. The highest BCUT2D eigenvalue weighted by Gasteiger charge is 2.38. The Morgan fingerprint density at radius 1 is 1.40 bits per heavy atom. The summed E-state index contributed by atoms with van der Waals surface area (Å²) < 4.78 is 6.31. The second kappa shape index (κ2) is 4.84. The molecule has 2 unspecified atom stereocenters. The minimum atomic E-state index is -0.0338. The van der Waals surface area contributed by atoms with Crippen LogP contribution in [0.25, 0.3) is 0 Å². The normalized spacial score (nSPS) is 33.0. The summed E-state index contributed by atoms with van der Waals surface area (Å²) in [6, 6.07) is 0. The van der Waals surface area contributed by atoms with E-state index < -0.39 is 0 Å². The van der Waals surface area contributed by atoms with Gasteiger partial charge in [-0.15, -0.1) is 0 Å². The van der Waals surface area contributed by atoms with E-state index in [-0.39, 0.29) is 11.2 Å². The lowest BCUT2D eigenvalue weighted by Gasteiger charge is -2.44. The lowest BCUT2D eigenvalue weighted by molar-refractivity contribution is -0.152. The highest BCUT2D eigenvalue weighted by Crippen LogP contribution is 2.37. The molecule has 0 aliphatic heterocycles. The SMILES string of the molecule is CNCC1(OC(C)(C)C)CCCC(C)C1. The van der Waals surface area contributed by atoms with Gasteiger partial charge in [-0.2, -0.15) is 0 Å². The maximum atomic E-state index is 6.31. The molecule has 0 aromatic heterocycles. The Morgan fingerprint density at radius 2 is 2.07 bits per heavy atom. The highest BCUT2D eigenvalue weighted by atomic mass is 16.5. The van der Waals surface area contributed by atoms with Gasteiger partial charge in [-0.25, -0.2) is 0 Å². The van der Waals surface area contributed by atoms with Crippen LogP contribution in [0, 0.1) is 5.92 Å². The Labute approximate surface area is 94.8 Å². The van der Waals surface area contributed by atoms with Crippen LogP contribution in [-0.2, 0) is 4.74 Å². The lowest BCUT2D eigenvalue weighted by atomic mass is 9.78. The molecule has 1 N–H and O–H groups in total. The van der Waals surface area contributed by atoms with Crippen molar-refractivity contribution in [2.45, 2.75) is 64.6 Å². The zero-order chi connectivity index (χ0) is 11.5. The molecule has 1 aliphatic carbocycles. The molecular weight excluding hydrogens is 186 g/mol. The molecule has 1 aliphatic rings. The third-order valence-corrected chi connectivity index (χ3v) is 3.07. The first-order chi connectivity index (χ1) is 6.87. The Morgan fingerprint density at radius 3 is 2.53 bits per heavy atom. The monoisotopic (exact) mass is 213 g/mol. The van der Waals surface area contributed by atoms with Crippen molar-refractivity contribution in [3.05, 3.63) is 0 Å². The largest absolute Gasteiger partial charge is 0.368 e. The first kappa shape index (κ1) is 13.0. The fourth-order valence-electron chi connectivity index (χ4n) is 2.87. The number of rotatable bonds is 3. The summed E-state index contributed by atoms with van der Waals surface area (Å²) in [6.45, 7) is 9.79. The van der Waals surface area contributed by atoms with Gasteiger partial charge >= 0.3 is 0 Å². The predicted octanol–water partition coefficient (Wildman–Crippen LogP) is 2.97. The second-order valence-corrected chi connectivity index (χ2v) is 6.13. The van der Waals surface area contributed by atoms with E-state index >= 15 is 0 Å². The van der Waals surface area contributed by atoms with Gasteiger partial charge in [0, 0.05) is 6.54 Å². The van der Waals surface area contributed by atoms with E-state index in [9.17, 15) is 0 Å². The van der Waals surface area contributed by atoms with Crippen molar-refractivity contribution in [2.24, 2.45) is 5.92 Å². The summed E-state index contributed by atoms with van der Waals surface area (Å²) in [5, 5.41) is 3.30. The van der Waals surface area contributed by atoms with E-state index in [2.05, 4.69) is 33.0 Å². The van der Waals surface area contributed by atoms with Gasteiger partial charge in [-0.05, 0) is 46.6 Å². The third-order valence-electron chi connectivity index (χ3n) is 3.07. The molecule has 0 aromatic rings. The summed E-state index contributed by atoms with van der Waals surface area (Å²) in [5.74, 6) is 0.800. The Balaban J connectivity index is 2.68. The molecule has 90 valence electrons. The van der Waals surface area contributed by atoms with Gasteiger partial charge in [0.2, 0.25) is 0 Å². The van der Waals surface area contributed by atoms with Crippen molar-refractivity contribution < 1.29 is 4.74 Å². The summed E-state index contributed by atoms with van der Waals surface area (Å²) >= 11 is 0. The molecule has 0 aromatic carbocycles. The molecule has 0 bridgehead atoms. The van der Waals surface area contributed by atoms with E-state index in [4.69, 9.17) is 4.74 Å². The minimum Gasteiger partial charge on any atom is -0.368 e. The second-order valence-electron chi connectivity index (χ2n) is 6.13. The van der Waals surface area contributed by atoms with Crippen LogP contribution in [0.4, 0.5) is 0 Å². The number of ether oxygens (including phenoxy) is 1. The van der Waals surface area contributed by atoms with Gasteiger partial charge < -0.3 is 10.1 Å². The van der Waals surface area contributed by atoms with Gasteiger partial charge in [0.1, 0.15) is 0 Å². The molecule has 2 nitrogen and oxygen atoms in total. The van der Waals surface area contributed by atoms with Crippen molar-refractivity contribution in [3.8, 4) is 0 Å². The topological polar surface area (TPSA) is 21.3 Å². The molecule has 1 saturated carbocycles. The molecule has 0 spiro atoms. The summed E-state index contributed by atoms with van der Waals surface area (Å²) in [7, 11) is 2.02. The molecule has 15 heavy (non-hydrogen) atoms. The molecule has 1 fully saturated rings. The van der Waals surface area contributed by atoms with Crippen molar-refractivity contribution >= 4 is 0 Å². The molecule has 1 rings (SSSR count). The van der Waals surface area contributed by atoms with Gasteiger partial charge in [0.15, 0.2) is 0 Å². The van der Waals surface area contributed by atoms with Gasteiger partial charge in [0.25, 0.3) is 0 Å². The van der Waals surface area contributed by atoms with Crippen molar-refractivity contribution in [2.75, 3.05) is 13.6 Å². The summed E-state index contributed by atoms with van der Waals surface area (Å²) in [4.78, 5) is 0. The van der Waals surface area contributed by atoms with E-state index in [1.54, 1.807) is 0 Å². The van der Waals surface area contributed by atoms with Gasteiger partial charge in [0.05, 0.1) is 11.2 Å². The van der Waals surface area contributed by atoms with Crippen LogP contribution < -0.4 is 5.32 Å². The number of hydrogen-bond donors (Lipinski definition) is 1. The van der Waals surface area contributed by atoms with Crippen LogP contribution in [0.1, 0.15) is 53.4 Å². The van der Waals surface area contributed by atoms with Crippen molar-refractivity contribution in [1.29, 1.82) is 0 Å². The standard InChI is InChI=1S/C13H27NO/c1-11-7-6-8-13(9-11,10-14-5)15-12(2,3)4/h11,14H,6-10H2,1-5H3. The predicted molar refractivity (Wildman–Crippen MR) is 65.1 cm³/mol. The average molecular weight is 213 g/mol. The molecular formula is C13H27NO. The van der Waals surface area contributed by atoms with Crippen LogP contribution in [0.5, 0.6) is 0 Å². The van der Waals surface area contributed by atoms with Gasteiger partial charge in [-0.1, -0.05) is 19.8 Å². The maximum Gasteiger partial charge on any atom is 0.0815 e. The van der Waals surface area contributed by atoms with Crippen molar-refractivity contribution in [3.63, 3.8) is 0 Å². The van der Waals surface area contributed by atoms with E-state index in [1.165, 1.54) is 25.7 Å². The molecule has 0 amide bonds. The third kappa shape index (κ3) is 4.12. The van der Waals surface area contributed by atoms with Crippen LogP contribution in [0.15, 0.2) is 0 Å². The Kier molecular flexibility index (Phi) is 4.19. The summed E-state index contributed by atoms with van der Waals surface area (Å²) in [6.07, 6.45) is 5.07. The molecule has 0 radical (unpaired) electrons. The zero-order valence-corrected chi connectivity index (χ0v) is 11.0. The first-order valence-electron chi connectivity index (χ1n) is 6.22. The van der Waals surface area contributed by atoms with E-state index in [0.29, 0.717) is 0 Å². The maximum absolute atomic E-state index is 6.31. The average Bonchev–Trinajstić information content (AvgIpc) is 1.99. The summed E-state index contributed by atoms with van der Waals surface area (Å²) in [5.41, 5.74) is 0.0403. The molecule has 0 heterocycles. The van der Waals surface area contributed by atoms with E-state index in [0.717, 1.165) is 12.5 Å². The highest BCUT2D eigenvalue weighted by molar-refractivity contribution is 4.90. The molecule has 0 saturated heterocycles. The lowest BCUT2D eigenvalue weighted by Crippen LogP contribution is -2.49. The van der Waals surface area contributed by atoms with Crippen LogP contribution >= 0.6 is 0 Å². The Hall–Kier alpha value is -0.0800. The molecule has 2 atom stereocenters. The fraction of sp³-hybridized carbons (Fsp3) is 1.00. The Bertz CT molecular complexity index is 193. The van der Waals surface area contributed by atoms with Gasteiger partial charge in [-0.3, -0.25) is 0 Å². The van der Waals surface area contributed by atoms with Crippen LogP contribution in [0.3, 0.4) is 0 Å². The number of hydrogen-bond acceptors (Lipinski definition) is 2. The van der Waals surface area contributed by atoms with Crippen LogP contribution in [0.2, 0.25) is 0 Å². The first-order valence-corrected chi connectivity index (χ1v) is 6.22. The quantitative estimate of drug-likeness (QED) is 0.778. The fourth-order valence-corrected chi connectivity index (χ4v) is 2.87. The minimum absolute atomic E-state index is 0.0338. The zero-order valence-electron chi connectivity index (χ0n) is 11.0. The van der Waals surface area contributed by atoms with Crippen LogP contribution in [-0.4, -0.2) is 24.8 Å². The van der Waals surface area contributed by atoms with E-state index in [1.807, 2.05) is 7.05 Å².